The highest BCUT2D eigenvalue weighted by Crippen LogP contribution is 2.20. The van der Waals surface area contributed by atoms with Gasteiger partial charge in [0.2, 0.25) is 0 Å². The third-order valence-corrected chi connectivity index (χ3v) is 2.08. The Hall–Kier alpha value is -0.930. The van der Waals surface area contributed by atoms with Gasteiger partial charge >= 0.3 is 0 Å². The van der Waals surface area contributed by atoms with Crippen LogP contribution >= 0.6 is 11.6 Å². The Bertz CT molecular complexity index is 318. The highest BCUT2D eigenvalue weighted by molar-refractivity contribution is 6.30. The molecule has 0 aliphatic heterocycles. The molecule has 2 nitrogen and oxygen atoms in total. The van der Waals surface area contributed by atoms with E-state index in [9.17, 15) is 4.39 Å². The molecule has 0 aromatic heterocycles. The first-order valence-corrected chi connectivity index (χ1v) is 5.99. The molecule has 0 saturated heterocycles. The Morgan fingerprint density at radius 2 is 1.94 bits per heavy atom. The number of rotatable bonds is 2. The quantitative estimate of drug-likeness (QED) is 0.824. The van der Waals surface area contributed by atoms with Crippen LogP contribution in [0.3, 0.4) is 0 Å². The fraction of sp³-hybridized carbons (Fsp3) is 0.462. The van der Waals surface area contributed by atoms with Gasteiger partial charge in [0.25, 0.3) is 0 Å². The smallest absolute Gasteiger partial charge is 0.128 e. The maximum atomic E-state index is 13.1. The molecule has 1 aromatic carbocycles. The highest BCUT2D eigenvalue weighted by atomic mass is 35.5. The summed E-state index contributed by atoms with van der Waals surface area (Å²) in [5, 5.41) is 0.417. The van der Waals surface area contributed by atoms with Crippen molar-refractivity contribution >= 4 is 17.9 Å². The van der Waals surface area contributed by atoms with Crippen molar-refractivity contribution in [3.05, 3.63) is 34.6 Å². The average Bonchev–Trinajstić information content (AvgIpc) is 2.32. The van der Waals surface area contributed by atoms with Gasteiger partial charge in [-0.25, -0.2) is 4.39 Å². The summed E-state index contributed by atoms with van der Waals surface area (Å²) < 4.78 is 13.1. The third-order valence-electron chi connectivity index (χ3n) is 1.85. The minimum Gasteiger partial charge on any atom is -0.330 e. The van der Waals surface area contributed by atoms with Crippen LogP contribution in [0.25, 0.3) is 0 Å². The topological polar surface area (TPSA) is 43.1 Å². The van der Waals surface area contributed by atoms with Gasteiger partial charge in [-0.15, -0.1) is 0 Å². The van der Waals surface area contributed by atoms with E-state index < -0.39 is 0 Å². The number of carbonyl (C=O) groups is 1. The lowest BCUT2D eigenvalue weighted by Gasteiger charge is -2.09. The molecule has 1 rings (SSSR count). The van der Waals surface area contributed by atoms with Crippen LogP contribution in [0.5, 0.6) is 0 Å². The fourth-order valence-corrected chi connectivity index (χ4v) is 1.19. The van der Waals surface area contributed by atoms with Gasteiger partial charge in [-0.3, -0.25) is 0 Å². The first kappa shape index (κ1) is 18.4. The SMILES string of the molecule is CC.CC(CN)c1ccc(Cl)cc1F.CC=O. The van der Waals surface area contributed by atoms with Crippen LogP contribution in [0.15, 0.2) is 18.2 Å². The van der Waals surface area contributed by atoms with Crippen molar-refractivity contribution < 1.29 is 9.18 Å². The molecule has 0 aliphatic rings. The van der Waals surface area contributed by atoms with Gasteiger partial charge in [-0.05, 0) is 37.1 Å². The number of halogens is 2. The summed E-state index contributed by atoms with van der Waals surface area (Å²) in [6.45, 7) is 7.77. The van der Waals surface area contributed by atoms with Crippen LogP contribution in [0.4, 0.5) is 4.39 Å². The Labute approximate surface area is 108 Å². The molecule has 0 radical (unpaired) electrons. The first-order chi connectivity index (χ1) is 8.06. The molecule has 4 heteroatoms. The molecule has 0 fully saturated rings. The summed E-state index contributed by atoms with van der Waals surface area (Å²) in [6.07, 6.45) is 0.750. The van der Waals surface area contributed by atoms with E-state index in [2.05, 4.69) is 0 Å². The van der Waals surface area contributed by atoms with Crippen molar-refractivity contribution in [3.8, 4) is 0 Å². The maximum Gasteiger partial charge on any atom is 0.128 e. The van der Waals surface area contributed by atoms with E-state index >= 15 is 0 Å². The average molecular weight is 262 g/mol. The van der Waals surface area contributed by atoms with E-state index in [1.165, 1.54) is 13.0 Å². The van der Waals surface area contributed by atoms with Crippen molar-refractivity contribution in [2.45, 2.75) is 33.6 Å². The van der Waals surface area contributed by atoms with Crippen LogP contribution in [0.2, 0.25) is 5.02 Å². The molecule has 1 aromatic rings. The Kier molecular flexibility index (Phi) is 12.5. The van der Waals surface area contributed by atoms with Crippen molar-refractivity contribution in [1.82, 2.24) is 0 Å². The molecule has 17 heavy (non-hydrogen) atoms. The third kappa shape index (κ3) is 7.88. The maximum absolute atomic E-state index is 13.1. The largest absolute Gasteiger partial charge is 0.330 e. The molecular weight excluding hydrogens is 241 g/mol. The Morgan fingerprint density at radius 3 is 2.29 bits per heavy atom. The second-order valence-corrected chi connectivity index (χ2v) is 3.47. The van der Waals surface area contributed by atoms with Crippen molar-refractivity contribution in [1.29, 1.82) is 0 Å². The molecule has 0 bridgehead atoms. The van der Waals surface area contributed by atoms with Gasteiger partial charge in [0.15, 0.2) is 0 Å². The lowest BCUT2D eigenvalue weighted by atomic mass is 10.0. The molecule has 0 heterocycles. The standard InChI is InChI=1S/C9H11ClFN.C2H4O.C2H6/c1-6(5-12)8-3-2-7(10)4-9(8)11;1-2-3;1-2/h2-4,6H,5,12H2,1H3;2H,1H3;1-2H3. The summed E-state index contributed by atoms with van der Waals surface area (Å²) in [5.41, 5.74) is 6.04. The lowest BCUT2D eigenvalue weighted by Crippen LogP contribution is -2.10. The minimum atomic E-state index is -0.277. The number of carbonyl (C=O) groups excluding carboxylic acids is 1. The number of nitrogens with two attached hydrogens (primary N) is 1. The monoisotopic (exact) mass is 261 g/mol. The van der Waals surface area contributed by atoms with E-state index in [-0.39, 0.29) is 11.7 Å². The Morgan fingerprint density at radius 1 is 1.47 bits per heavy atom. The van der Waals surface area contributed by atoms with E-state index in [1.54, 1.807) is 12.1 Å². The summed E-state index contributed by atoms with van der Waals surface area (Å²) in [5.74, 6) is -0.234. The van der Waals surface area contributed by atoms with E-state index in [0.717, 1.165) is 6.29 Å². The molecule has 1 atom stereocenters. The zero-order chi connectivity index (χ0) is 13.8. The van der Waals surface area contributed by atoms with Gasteiger partial charge in [0, 0.05) is 5.02 Å². The fourth-order valence-electron chi connectivity index (χ4n) is 1.03. The van der Waals surface area contributed by atoms with Gasteiger partial charge < -0.3 is 10.5 Å². The van der Waals surface area contributed by atoms with Gasteiger partial charge in [-0.1, -0.05) is 38.4 Å². The number of hydrogen-bond donors (Lipinski definition) is 1. The van der Waals surface area contributed by atoms with Crippen molar-refractivity contribution in [2.75, 3.05) is 6.54 Å². The van der Waals surface area contributed by atoms with E-state index in [1.807, 2.05) is 20.8 Å². The summed E-state index contributed by atoms with van der Waals surface area (Å²) >= 11 is 5.59. The van der Waals surface area contributed by atoms with Crippen LogP contribution in [-0.2, 0) is 4.79 Å². The summed E-state index contributed by atoms with van der Waals surface area (Å²) in [4.78, 5) is 8.81. The number of benzene rings is 1. The molecule has 0 spiro atoms. The predicted molar refractivity (Wildman–Crippen MR) is 72.0 cm³/mol. The minimum absolute atomic E-state index is 0.0438. The van der Waals surface area contributed by atoms with Crippen LogP contribution < -0.4 is 5.73 Å². The zero-order valence-corrected chi connectivity index (χ0v) is 11.6. The second-order valence-electron chi connectivity index (χ2n) is 3.04. The van der Waals surface area contributed by atoms with E-state index in [0.29, 0.717) is 17.1 Å². The summed E-state index contributed by atoms with van der Waals surface area (Å²) in [7, 11) is 0. The first-order valence-electron chi connectivity index (χ1n) is 5.61. The second kappa shape index (κ2) is 11.6. The summed E-state index contributed by atoms with van der Waals surface area (Å²) in [6, 6.07) is 4.66. The molecule has 0 amide bonds. The van der Waals surface area contributed by atoms with Gasteiger partial charge in [0.05, 0.1) is 0 Å². The molecule has 1 unspecified atom stereocenters. The van der Waals surface area contributed by atoms with Crippen LogP contribution in [0, 0.1) is 5.82 Å². The van der Waals surface area contributed by atoms with Gasteiger partial charge in [0.1, 0.15) is 12.1 Å². The zero-order valence-electron chi connectivity index (χ0n) is 10.8. The number of aldehydes is 1. The molecular formula is C13H21ClFNO. The molecule has 0 aliphatic carbocycles. The normalized spacial score (nSPS) is 10.3. The molecule has 2 N–H and O–H groups in total. The van der Waals surface area contributed by atoms with Crippen LogP contribution in [-0.4, -0.2) is 12.8 Å². The van der Waals surface area contributed by atoms with E-state index in [4.69, 9.17) is 22.1 Å². The molecule has 98 valence electrons. The van der Waals surface area contributed by atoms with Gasteiger partial charge in [-0.2, -0.15) is 0 Å². The lowest BCUT2D eigenvalue weighted by molar-refractivity contribution is -0.106. The van der Waals surface area contributed by atoms with Crippen LogP contribution in [0.1, 0.15) is 39.2 Å². The molecule has 0 saturated carbocycles. The Balaban J connectivity index is 0. The van der Waals surface area contributed by atoms with Crippen molar-refractivity contribution in [3.63, 3.8) is 0 Å². The number of hydrogen-bond acceptors (Lipinski definition) is 2. The van der Waals surface area contributed by atoms with Crippen molar-refractivity contribution in [2.24, 2.45) is 5.73 Å². The highest BCUT2D eigenvalue weighted by Gasteiger charge is 2.08. The predicted octanol–water partition coefficient (Wildman–Crippen LogP) is 3.77.